The number of benzene rings is 1. The molecule has 0 aliphatic rings. The van der Waals surface area contributed by atoms with E-state index in [2.05, 4.69) is 5.32 Å². The zero-order valence-corrected chi connectivity index (χ0v) is 7.63. The minimum atomic E-state index is -4.71. The standard InChI is InChI=1S/C8H7F3N2O2/c1-12-5-2-3-6(8(9,10)11)7(4-5)13(14)15/h2-4,12H,1H3. The average Bonchev–Trinajstić information content (AvgIpc) is 2.15. The van der Waals surface area contributed by atoms with Crippen LogP contribution < -0.4 is 5.32 Å². The predicted octanol–water partition coefficient (Wildman–Crippen LogP) is 2.66. The Bertz CT molecular complexity index is 390. The van der Waals surface area contributed by atoms with Crippen LogP contribution in [-0.2, 0) is 6.18 Å². The molecule has 0 heterocycles. The van der Waals surface area contributed by atoms with Crippen molar-refractivity contribution in [2.45, 2.75) is 6.18 Å². The van der Waals surface area contributed by atoms with Gasteiger partial charge in [-0.05, 0) is 12.1 Å². The molecule has 0 bridgehead atoms. The molecule has 82 valence electrons. The summed E-state index contributed by atoms with van der Waals surface area (Å²) in [6.07, 6.45) is -4.71. The second-order valence-corrected chi connectivity index (χ2v) is 2.74. The molecule has 7 heteroatoms. The maximum atomic E-state index is 12.3. The van der Waals surface area contributed by atoms with E-state index in [4.69, 9.17) is 0 Å². The number of rotatable bonds is 2. The van der Waals surface area contributed by atoms with Crippen molar-refractivity contribution >= 4 is 11.4 Å². The Balaban J connectivity index is 3.34. The fourth-order valence-electron chi connectivity index (χ4n) is 1.08. The van der Waals surface area contributed by atoms with Crippen LogP contribution in [0.1, 0.15) is 5.56 Å². The van der Waals surface area contributed by atoms with Gasteiger partial charge < -0.3 is 5.32 Å². The van der Waals surface area contributed by atoms with Gasteiger partial charge in [-0.2, -0.15) is 13.2 Å². The molecule has 0 saturated carbocycles. The van der Waals surface area contributed by atoms with Gasteiger partial charge >= 0.3 is 6.18 Å². The van der Waals surface area contributed by atoms with E-state index in [1.54, 1.807) is 0 Å². The SMILES string of the molecule is CNc1ccc(C(F)(F)F)c([N+](=O)[O-])c1. The summed E-state index contributed by atoms with van der Waals surface area (Å²) in [6.45, 7) is 0. The first-order valence-corrected chi connectivity index (χ1v) is 3.89. The number of anilines is 1. The zero-order valence-electron chi connectivity index (χ0n) is 7.63. The van der Waals surface area contributed by atoms with E-state index >= 15 is 0 Å². The number of halogens is 3. The highest BCUT2D eigenvalue weighted by Gasteiger charge is 2.38. The van der Waals surface area contributed by atoms with Crippen molar-refractivity contribution < 1.29 is 18.1 Å². The molecule has 0 aliphatic carbocycles. The maximum absolute atomic E-state index is 12.3. The van der Waals surface area contributed by atoms with E-state index in [0.29, 0.717) is 6.07 Å². The quantitative estimate of drug-likeness (QED) is 0.615. The van der Waals surface area contributed by atoms with Crippen LogP contribution in [0.4, 0.5) is 24.5 Å². The third kappa shape index (κ3) is 2.36. The number of nitro benzene ring substituents is 1. The van der Waals surface area contributed by atoms with Gasteiger partial charge in [-0.25, -0.2) is 0 Å². The molecular weight excluding hydrogens is 213 g/mol. The van der Waals surface area contributed by atoms with Crippen LogP contribution in [0.3, 0.4) is 0 Å². The first-order chi connectivity index (χ1) is 6.86. The number of nitrogens with one attached hydrogen (secondary N) is 1. The third-order valence-electron chi connectivity index (χ3n) is 1.79. The van der Waals surface area contributed by atoms with E-state index in [1.165, 1.54) is 7.05 Å². The van der Waals surface area contributed by atoms with Crippen LogP contribution >= 0.6 is 0 Å². The smallest absolute Gasteiger partial charge is 0.388 e. The number of nitrogens with zero attached hydrogens (tertiary/aromatic N) is 1. The molecule has 0 fully saturated rings. The number of hydrogen-bond donors (Lipinski definition) is 1. The molecule has 0 saturated heterocycles. The molecule has 0 spiro atoms. The number of alkyl halides is 3. The summed E-state index contributed by atoms with van der Waals surface area (Å²) in [6, 6.07) is 2.67. The summed E-state index contributed by atoms with van der Waals surface area (Å²) in [5, 5.41) is 12.9. The maximum Gasteiger partial charge on any atom is 0.423 e. The molecule has 0 unspecified atom stereocenters. The lowest BCUT2D eigenvalue weighted by Crippen LogP contribution is -2.09. The molecule has 0 aliphatic heterocycles. The van der Waals surface area contributed by atoms with Crippen LogP contribution in [0.5, 0.6) is 0 Å². The highest BCUT2D eigenvalue weighted by atomic mass is 19.4. The zero-order chi connectivity index (χ0) is 11.6. The van der Waals surface area contributed by atoms with Gasteiger partial charge in [0.2, 0.25) is 0 Å². The third-order valence-corrected chi connectivity index (χ3v) is 1.79. The molecule has 0 atom stereocenters. The predicted molar refractivity (Wildman–Crippen MR) is 47.6 cm³/mol. The van der Waals surface area contributed by atoms with Gasteiger partial charge in [0.15, 0.2) is 0 Å². The lowest BCUT2D eigenvalue weighted by molar-refractivity contribution is -0.388. The molecule has 1 aromatic rings. The Labute approximate surface area is 82.9 Å². The Morgan fingerprint density at radius 1 is 1.40 bits per heavy atom. The molecule has 0 aromatic heterocycles. The van der Waals surface area contributed by atoms with E-state index in [9.17, 15) is 23.3 Å². The topological polar surface area (TPSA) is 55.2 Å². The van der Waals surface area contributed by atoms with Gasteiger partial charge in [-0.1, -0.05) is 0 Å². The molecule has 0 amide bonds. The van der Waals surface area contributed by atoms with E-state index in [1.807, 2.05) is 0 Å². The Morgan fingerprint density at radius 2 is 2.00 bits per heavy atom. The lowest BCUT2D eigenvalue weighted by Gasteiger charge is -2.08. The van der Waals surface area contributed by atoms with Crippen molar-refractivity contribution in [2.75, 3.05) is 12.4 Å². The minimum Gasteiger partial charge on any atom is -0.388 e. The summed E-state index contributed by atoms with van der Waals surface area (Å²) in [4.78, 5) is 9.36. The van der Waals surface area contributed by atoms with Gasteiger partial charge in [0, 0.05) is 18.8 Å². The van der Waals surface area contributed by atoms with Crippen LogP contribution in [0.2, 0.25) is 0 Å². The fraction of sp³-hybridized carbons (Fsp3) is 0.250. The highest BCUT2D eigenvalue weighted by Crippen LogP contribution is 2.37. The van der Waals surface area contributed by atoms with Gasteiger partial charge in [0.25, 0.3) is 5.69 Å². The summed E-state index contributed by atoms with van der Waals surface area (Å²) >= 11 is 0. The van der Waals surface area contributed by atoms with Crippen LogP contribution in [0.25, 0.3) is 0 Å². The first kappa shape index (κ1) is 11.3. The normalized spacial score (nSPS) is 11.2. The Morgan fingerprint density at radius 3 is 2.40 bits per heavy atom. The monoisotopic (exact) mass is 220 g/mol. The largest absolute Gasteiger partial charge is 0.423 e. The lowest BCUT2D eigenvalue weighted by atomic mass is 10.1. The molecular formula is C8H7F3N2O2. The van der Waals surface area contributed by atoms with Gasteiger partial charge in [-0.15, -0.1) is 0 Å². The summed E-state index contributed by atoms with van der Waals surface area (Å²) in [7, 11) is 1.46. The van der Waals surface area contributed by atoms with Crippen LogP contribution in [0, 0.1) is 10.1 Å². The van der Waals surface area contributed by atoms with E-state index in [0.717, 1.165) is 12.1 Å². The summed E-state index contributed by atoms with van der Waals surface area (Å²) in [5.41, 5.74) is -1.93. The summed E-state index contributed by atoms with van der Waals surface area (Å²) in [5.74, 6) is 0. The van der Waals surface area contributed by atoms with Gasteiger partial charge in [0.05, 0.1) is 4.92 Å². The fourth-order valence-corrected chi connectivity index (χ4v) is 1.08. The number of nitro groups is 1. The van der Waals surface area contributed by atoms with Crippen molar-refractivity contribution in [1.29, 1.82) is 0 Å². The molecule has 4 nitrogen and oxygen atoms in total. The van der Waals surface area contributed by atoms with Crippen LogP contribution in [-0.4, -0.2) is 12.0 Å². The van der Waals surface area contributed by atoms with Crippen molar-refractivity contribution in [1.82, 2.24) is 0 Å². The minimum absolute atomic E-state index is 0.259. The second-order valence-electron chi connectivity index (χ2n) is 2.74. The average molecular weight is 220 g/mol. The van der Waals surface area contributed by atoms with Crippen molar-refractivity contribution in [2.24, 2.45) is 0 Å². The van der Waals surface area contributed by atoms with Crippen molar-refractivity contribution in [3.63, 3.8) is 0 Å². The molecule has 15 heavy (non-hydrogen) atoms. The van der Waals surface area contributed by atoms with Gasteiger partial charge in [0.1, 0.15) is 5.56 Å². The molecule has 1 rings (SSSR count). The first-order valence-electron chi connectivity index (χ1n) is 3.89. The second kappa shape index (κ2) is 3.76. The highest BCUT2D eigenvalue weighted by molar-refractivity contribution is 5.55. The number of hydrogen-bond acceptors (Lipinski definition) is 3. The van der Waals surface area contributed by atoms with Crippen molar-refractivity contribution in [3.05, 3.63) is 33.9 Å². The van der Waals surface area contributed by atoms with Crippen LogP contribution in [0.15, 0.2) is 18.2 Å². The molecule has 0 radical (unpaired) electrons. The van der Waals surface area contributed by atoms with E-state index < -0.39 is 22.4 Å². The van der Waals surface area contributed by atoms with Crippen molar-refractivity contribution in [3.8, 4) is 0 Å². The molecule has 1 N–H and O–H groups in total. The Kier molecular flexibility index (Phi) is 2.83. The summed E-state index contributed by atoms with van der Waals surface area (Å²) < 4.78 is 37.0. The van der Waals surface area contributed by atoms with Gasteiger partial charge in [-0.3, -0.25) is 10.1 Å². The van der Waals surface area contributed by atoms with E-state index in [-0.39, 0.29) is 5.69 Å². The molecule has 1 aromatic carbocycles. The Hall–Kier alpha value is -1.79.